The molecule has 1 N–H and O–H groups in total. The number of rotatable bonds is 4. The second-order valence-corrected chi connectivity index (χ2v) is 7.70. The number of aromatic amines is 1. The van der Waals surface area contributed by atoms with Crippen LogP contribution in [0.5, 0.6) is 0 Å². The highest BCUT2D eigenvalue weighted by Crippen LogP contribution is 2.25. The molecule has 0 aliphatic carbocycles. The van der Waals surface area contributed by atoms with Crippen molar-refractivity contribution < 1.29 is 0 Å². The molecule has 0 unspecified atom stereocenters. The van der Waals surface area contributed by atoms with Crippen LogP contribution in [-0.4, -0.2) is 29.1 Å². The molecule has 29 heavy (non-hydrogen) atoms. The van der Waals surface area contributed by atoms with Crippen LogP contribution >= 0.6 is 27.5 Å². The molecule has 0 spiro atoms. The molecule has 4 rings (SSSR count). The van der Waals surface area contributed by atoms with Crippen molar-refractivity contribution in [3.8, 4) is 11.5 Å². The van der Waals surface area contributed by atoms with Gasteiger partial charge in [0, 0.05) is 18.1 Å². The average molecular weight is 476 g/mol. The van der Waals surface area contributed by atoms with Crippen molar-refractivity contribution in [2.75, 3.05) is 0 Å². The summed E-state index contributed by atoms with van der Waals surface area (Å²) < 4.78 is 3.79. The maximum Gasteiger partial charge on any atom is 0.330 e. The van der Waals surface area contributed by atoms with Crippen LogP contribution in [0.1, 0.15) is 18.2 Å². The van der Waals surface area contributed by atoms with Crippen LogP contribution in [-0.2, 0) is 13.1 Å². The maximum atomic E-state index is 12.7. The first kappa shape index (κ1) is 19.5. The van der Waals surface area contributed by atoms with Crippen molar-refractivity contribution in [2.24, 2.45) is 0 Å². The predicted octanol–water partition coefficient (Wildman–Crippen LogP) is 3.14. The van der Waals surface area contributed by atoms with Crippen LogP contribution in [0.25, 0.3) is 22.7 Å². The molecule has 0 amide bonds. The molecular weight excluding hydrogens is 460 g/mol. The van der Waals surface area contributed by atoms with Crippen molar-refractivity contribution in [2.45, 2.75) is 26.9 Å². The van der Waals surface area contributed by atoms with E-state index in [1.807, 2.05) is 26.0 Å². The Bertz CT molecular complexity index is 1340. The van der Waals surface area contributed by atoms with Crippen LogP contribution in [0.4, 0.5) is 0 Å². The molecule has 148 valence electrons. The molecule has 0 saturated carbocycles. The summed E-state index contributed by atoms with van der Waals surface area (Å²) in [6.45, 7) is 4.36. The Hall–Kier alpha value is -2.78. The summed E-state index contributed by atoms with van der Waals surface area (Å²) in [5, 5.41) is 0.622. The van der Waals surface area contributed by atoms with E-state index in [9.17, 15) is 9.59 Å². The lowest BCUT2D eigenvalue weighted by Crippen LogP contribution is -2.30. The number of hydrogen-bond acceptors (Lipinski definition) is 5. The third-order valence-electron chi connectivity index (χ3n) is 4.58. The van der Waals surface area contributed by atoms with Gasteiger partial charge in [-0.2, -0.15) is 0 Å². The van der Waals surface area contributed by atoms with Crippen molar-refractivity contribution >= 4 is 38.7 Å². The van der Waals surface area contributed by atoms with E-state index in [1.54, 1.807) is 22.9 Å². The minimum absolute atomic E-state index is 0.306. The molecule has 0 fully saturated rings. The van der Waals surface area contributed by atoms with Crippen LogP contribution in [0.2, 0.25) is 5.02 Å². The van der Waals surface area contributed by atoms with Gasteiger partial charge in [0.1, 0.15) is 10.3 Å². The molecule has 1 aromatic carbocycles. The van der Waals surface area contributed by atoms with Gasteiger partial charge in [0.05, 0.1) is 11.9 Å². The summed E-state index contributed by atoms with van der Waals surface area (Å²) in [5.74, 6) is 0.464. The molecule has 3 aromatic heterocycles. The topological polar surface area (TPSA) is 98.5 Å². The Labute approximate surface area is 178 Å². The SMILES string of the molecule is CCn1c(=O)[nH]c(=O)c2c1nc(-c1ncc(Br)nc1C)n2Cc1ccc(Cl)cc1. The van der Waals surface area contributed by atoms with Gasteiger partial charge in [-0.05, 0) is 47.5 Å². The van der Waals surface area contributed by atoms with Crippen LogP contribution < -0.4 is 11.2 Å². The lowest BCUT2D eigenvalue weighted by molar-refractivity contribution is 0.717. The Morgan fingerprint density at radius 1 is 1.14 bits per heavy atom. The number of aryl methyl sites for hydroxylation is 2. The van der Waals surface area contributed by atoms with E-state index >= 15 is 0 Å². The number of hydrogen-bond donors (Lipinski definition) is 1. The third kappa shape index (κ3) is 3.51. The molecule has 0 radical (unpaired) electrons. The molecule has 10 heteroatoms. The zero-order valence-electron chi connectivity index (χ0n) is 15.6. The highest BCUT2D eigenvalue weighted by Gasteiger charge is 2.21. The minimum atomic E-state index is -0.495. The normalized spacial score (nSPS) is 11.3. The second kappa shape index (κ2) is 7.57. The van der Waals surface area contributed by atoms with Crippen molar-refractivity contribution in [3.63, 3.8) is 0 Å². The zero-order valence-corrected chi connectivity index (χ0v) is 18.0. The number of benzene rings is 1. The molecule has 0 aliphatic rings. The van der Waals surface area contributed by atoms with E-state index in [0.717, 1.165) is 5.56 Å². The highest BCUT2D eigenvalue weighted by molar-refractivity contribution is 9.10. The summed E-state index contributed by atoms with van der Waals surface area (Å²) in [6.07, 6.45) is 1.57. The number of imidazole rings is 1. The Balaban J connectivity index is 2.05. The number of aromatic nitrogens is 6. The van der Waals surface area contributed by atoms with Crippen LogP contribution in [0.3, 0.4) is 0 Å². The Morgan fingerprint density at radius 2 is 1.86 bits per heavy atom. The molecule has 4 aromatic rings. The zero-order chi connectivity index (χ0) is 20.7. The number of nitrogens with one attached hydrogen (secondary N) is 1. The third-order valence-corrected chi connectivity index (χ3v) is 5.22. The largest absolute Gasteiger partial charge is 0.330 e. The first-order valence-electron chi connectivity index (χ1n) is 8.86. The van der Waals surface area contributed by atoms with Crippen molar-refractivity contribution in [1.29, 1.82) is 0 Å². The van der Waals surface area contributed by atoms with Gasteiger partial charge < -0.3 is 4.57 Å². The lowest BCUT2D eigenvalue weighted by atomic mass is 10.2. The number of nitrogens with zero attached hydrogens (tertiary/aromatic N) is 5. The van der Waals surface area contributed by atoms with E-state index in [-0.39, 0.29) is 0 Å². The smallest absolute Gasteiger partial charge is 0.312 e. The van der Waals surface area contributed by atoms with Gasteiger partial charge in [0.15, 0.2) is 17.0 Å². The minimum Gasteiger partial charge on any atom is -0.312 e. The van der Waals surface area contributed by atoms with Gasteiger partial charge in [-0.3, -0.25) is 14.3 Å². The monoisotopic (exact) mass is 474 g/mol. The average Bonchev–Trinajstić information content (AvgIpc) is 3.03. The summed E-state index contributed by atoms with van der Waals surface area (Å²) >= 11 is 9.31. The summed E-state index contributed by atoms with van der Waals surface area (Å²) in [6, 6.07) is 7.32. The van der Waals surface area contributed by atoms with Gasteiger partial charge >= 0.3 is 5.69 Å². The molecule has 8 nitrogen and oxygen atoms in total. The Kier molecular flexibility index (Phi) is 5.10. The Morgan fingerprint density at radius 3 is 2.52 bits per heavy atom. The first-order valence-corrected chi connectivity index (χ1v) is 10.0. The number of H-pyrrole nitrogens is 1. The summed E-state index contributed by atoms with van der Waals surface area (Å²) in [7, 11) is 0. The fourth-order valence-corrected chi connectivity index (χ4v) is 3.74. The van der Waals surface area contributed by atoms with Crippen LogP contribution in [0.15, 0.2) is 44.7 Å². The maximum absolute atomic E-state index is 12.7. The van der Waals surface area contributed by atoms with Crippen LogP contribution in [0, 0.1) is 6.92 Å². The highest BCUT2D eigenvalue weighted by atomic mass is 79.9. The molecule has 0 aliphatic heterocycles. The van der Waals surface area contributed by atoms with E-state index in [1.165, 1.54) is 4.57 Å². The van der Waals surface area contributed by atoms with E-state index in [2.05, 4.69) is 35.9 Å². The molecule has 0 atom stereocenters. The number of fused-ring (bicyclic) bond motifs is 1. The van der Waals surface area contributed by atoms with Crippen molar-refractivity contribution in [1.82, 2.24) is 29.1 Å². The quantitative estimate of drug-likeness (QED) is 0.489. The van der Waals surface area contributed by atoms with E-state index < -0.39 is 11.2 Å². The molecule has 3 heterocycles. The fourth-order valence-electron chi connectivity index (χ4n) is 3.25. The van der Waals surface area contributed by atoms with Gasteiger partial charge in [-0.1, -0.05) is 23.7 Å². The molecular formula is C19H16BrClN6O2. The summed E-state index contributed by atoms with van der Waals surface area (Å²) in [4.78, 5) is 40.9. The van der Waals surface area contributed by atoms with E-state index in [0.29, 0.717) is 51.1 Å². The van der Waals surface area contributed by atoms with Gasteiger partial charge in [0.25, 0.3) is 5.56 Å². The second-order valence-electron chi connectivity index (χ2n) is 6.45. The first-order chi connectivity index (χ1) is 13.9. The lowest BCUT2D eigenvalue weighted by Gasteiger charge is -2.10. The molecule has 0 saturated heterocycles. The van der Waals surface area contributed by atoms with E-state index in [4.69, 9.17) is 11.6 Å². The standard InChI is InChI=1S/C19H16BrClN6O2/c1-3-26-17-15(18(28)25-19(26)29)27(9-11-4-6-12(21)7-5-11)16(24-17)14-10(2)23-13(20)8-22-14/h4-8H,3,9H2,1-2H3,(H,25,28,29). The predicted molar refractivity (Wildman–Crippen MR) is 114 cm³/mol. The van der Waals surface area contributed by atoms with Gasteiger partial charge in [0.2, 0.25) is 0 Å². The summed E-state index contributed by atoms with van der Waals surface area (Å²) in [5.41, 5.74) is 1.74. The van der Waals surface area contributed by atoms with Crippen molar-refractivity contribution in [3.05, 3.63) is 72.2 Å². The van der Waals surface area contributed by atoms with Gasteiger partial charge in [-0.25, -0.2) is 19.7 Å². The molecule has 0 bridgehead atoms. The number of halogens is 2. The fraction of sp³-hybridized carbons (Fsp3) is 0.211. The van der Waals surface area contributed by atoms with Gasteiger partial charge in [-0.15, -0.1) is 0 Å².